The zero-order chi connectivity index (χ0) is 12.5. The van der Waals surface area contributed by atoms with E-state index in [1.54, 1.807) is 0 Å². The molecule has 0 aromatic heterocycles. The molecule has 0 aliphatic rings. The average molecular weight is 228 g/mol. The molecular formula is C15H20N2. The van der Waals surface area contributed by atoms with Crippen LogP contribution < -0.4 is 11.1 Å². The van der Waals surface area contributed by atoms with E-state index in [1.165, 1.54) is 16.3 Å². The molecule has 0 spiro atoms. The third-order valence-corrected chi connectivity index (χ3v) is 3.14. The molecule has 2 nitrogen and oxygen atoms in total. The predicted molar refractivity (Wildman–Crippen MR) is 74.0 cm³/mol. The Labute approximate surface area is 103 Å². The van der Waals surface area contributed by atoms with Crippen LogP contribution in [-0.4, -0.2) is 12.6 Å². The number of nitrogens with one attached hydrogen (secondary N) is 1. The molecule has 0 aliphatic heterocycles. The Bertz CT molecular complexity index is 512. The Morgan fingerprint density at radius 1 is 1.06 bits per heavy atom. The van der Waals surface area contributed by atoms with Gasteiger partial charge in [-0.05, 0) is 43.3 Å². The molecule has 1 unspecified atom stereocenters. The van der Waals surface area contributed by atoms with Crippen molar-refractivity contribution >= 4 is 10.8 Å². The molecule has 0 saturated carbocycles. The normalized spacial score (nSPS) is 13.9. The maximum atomic E-state index is 6.20. The second kappa shape index (κ2) is 4.47. The summed E-state index contributed by atoms with van der Waals surface area (Å²) in [6.07, 6.45) is 0. The first-order chi connectivity index (χ1) is 8.02. The van der Waals surface area contributed by atoms with Gasteiger partial charge in [0.1, 0.15) is 0 Å². The summed E-state index contributed by atoms with van der Waals surface area (Å²) in [6, 6.07) is 15.1. The van der Waals surface area contributed by atoms with E-state index >= 15 is 0 Å². The fourth-order valence-corrected chi connectivity index (χ4v) is 2.36. The Balaban J connectivity index is 2.48. The van der Waals surface area contributed by atoms with Gasteiger partial charge in [0.15, 0.2) is 0 Å². The van der Waals surface area contributed by atoms with Crippen LogP contribution >= 0.6 is 0 Å². The van der Waals surface area contributed by atoms with Crippen LogP contribution in [0.1, 0.15) is 25.5 Å². The topological polar surface area (TPSA) is 38.0 Å². The fourth-order valence-electron chi connectivity index (χ4n) is 2.36. The van der Waals surface area contributed by atoms with E-state index in [1.807, 2.05) is 20.9 Å². The van der Waals surface area contributed by atoms with Crippen LogP contribution in [0, 0.1) is 0 Å². The van der Waals surface area contributed by atoms with Crippen molar-refractivity contribution in [2.75, 3.05) is 7.05 Å². The van der Waals surface area contributed by atoms with Crippen molar-refractivity contribution in [2.24, 2.45) is 5.73 Å². The molecule has 0 aliphatic carbocycles. The number of likely N-dealkylation sites (N-methyl/N-ethyl adjacent to an activating group) is 1. The maximum Gasteiger partial charge on any atom is 0.0495 e. The van der Waals surface area contributed by atoms with Crippen LogP contribution in [0.3, 0.4) is 0 Å². The highest BCUT2D eigenvalue weighted by Gasteiger charge is 2.25. The Morgan fingerprint density at radius 2 is 1.71 bits per heavy atom. The number of hydrogen-bond donors (Lipinski definition) is 2. The number of hydrogen-bond acceptors (Lipinski definition) is 2. The summed E-state index contributed by atoms with van der Waals surface area (Å²) in [7, 11) is 1.95. The lowest BCUT2D eigenvalue weighted by atomic mass is 9.88. The zero-order valence-corrected chi connectivity index (χ0v) is 10.7. The number of nitrogens with two attached hydrogens (primary N) is 1. The molecular weight excluding hydrogens is 208 g/mol. The third kappa shape index (κ3) is 2.48. The minimum atomic E-state index is -0.281. The van der Waals surface area contributed by atoms with Crippen molar-refractivity contribution in [1.82, 2.24) is 5.32 Å². The molecule has 0 saturated heterocycles. The highest BCUT2D eigenvalue weighted by atomic mass is 14.9. The third-order valence-electron chi connectivity index (χ3n) is 3.14. The Morgan fingerprint density at radius 3 is 2.29 bits per heavy atom. The van der Waals surface area contributed by atoms with E-state index in [0.717, 1.165) is 0 Å². The molecule has 3 N–H and O–H groups in total. The Hall–Kier alpha value is -1.38. The molecule has 2 aromatic rings. The van der Waals surface area contributed by atoms with Gasteiger partial charge in [-0.25, -0.2) is 0 Å². The first-order valence-corrected chi connectivity index (χ1v) is 5.97. The summed E-state index contributed by atoms with van der Waals surface area (Å²) >= 11 is 0. The molecule has 0 fully saturated rings. The lowest BCUT2D eigenvalue weighted by Crippen LogP contribution is -2.45. The van der Waals surface area contributed by atoms with Crippen LogP contribution in [0.15, 0.2) is 42.5 Å². The molecule has 0 radical (unpaired) electrons. The van der Waals surface area contributed by atoms with Crippen molar-refractivity contribution in [3.05, 3.63) is 48.0 Å². The van der Waals surface area contributed by atoms with Crippen molar-refractivity contribution < 1.29 is 0 Å². The molecule has 0 bridgehead atoms. The zero-order valence-electron chi connectivity index (χ0n) is 10.7. The van der Waals surface area contributed by atoms with E-state index in [2.05, 4.69) is 47.8 Å². The largest absolute Gasteiger partial charge is 0.324 e. The lowest BCUT2D eigenvalue weighted by Gasteiger charge is -2.30. The summed E-state index contributed by atoms with van der Waals surface area (Å²) < 4.78 is 0. The molecule has 17 heavy (non-hydrogen) atoms. The van der Waals surface area contributed by atoms with E-state index in [4.69, 9.17) is 5.73 Å². The van der Waals surface area contributed by atoms with E-state index < -0.39 is 0 Å². The Kier molecular flexibility index (Phi) is 3.18. The van der Waals surface area contributed by atoms with Gasteiger partial charge in [0.05, 0.1) is 0 Å². The van der Waals surface area contributed by atoms with Gasteiger partial charge in [0, 0.05) is 11.6 Å². The molecule has 1 atom stereocenters. The lowest BCUT2D eigenvalue weighted by molar-refractivity contribution is 0.370. The average Bonchev–Trinajstić information content (AvgIpc) is 2.28. The maximum absolute atomic E-state index is 6.20. The predicted octanol–water partition coefficient (Wildman–Crippen LogP) is 2.84. The van der Waals surface area contributed by atoms with Crippen molar-refractivity contribution in [2.45, 2.75) is 25.4 Å². The highest BCUT2D eigenvalue weighted by molar-refractivity contribution is 5.83. The summed E-state index contributed by atoms with van der Waals surface area (Å²) in [6.45, 7) is 4.09. The minimum absolute atomic E-state index is 0.159. The molecule has 0 amide bonds. The van der Waals surface area contributed by atoms with Crippen molar-refractivity contribution in [3.63, 3.8) is 0 Å². The van der Waals surface area contributed by atoms with Gasteiger partial charge in [-0.1, -0.05) is 36.4 Å². The van der Waals surface area contributed by atoms with Crippen LogP contribution in [-0.2, 0) is 0 Å². The van der Waals surface area contributed by atoms with E-state index in [0.29, 0.717) is 0 Å². The van der Waals surface area contributed by atoms with Gasteiger partial charge in [-0.2, -0.15) is 0 Å². The van der Waals surface area contributed by atoms with Crippen molar-refractivity contribution in [3.8, 4) is 0 Å². The fraction of sp³-hybridized carbons (Fsp3) is 0.333. The molecule has 90 valence electrons. The molecule has 2 aromatic carbocycles. The molecule has 2 rings (SSSR count). The first kappa shape index (κ1) is 12.1. The summed E-state index contributed by atoms with van der Waals surface area (Å²) in [5.74, 6) is 0. The molecule has 0 heterocycles. The van der Waals surface area contributed by atoms with E-state index in [-0.39, 0.29) is 11.6 Å². The van der Waals surface area contributed by atoms with E-state index in [9.17, 15) is 0 Å². The van der Waals surface area contributed by atoms with Gasteiger partial charge in [-0.15, -0.1) is 0 Å². The highest BCUT2D eigenvalue weighted by Crippen LogP contribution is 2.26. The summed E-state index contributed by atoms with van der Waals surface area (Å²) in [5, 5.41) is 5.82. The number of benzene rings is 2. The van der Waals surface area contributed by atoms with Gasteiger partial charge in [0.25, 0.3) is 0 Å². The standard InChI is InChI=1S/C15H20N2/c1-15(2,16)14(17-3)13-9-8-11-6-4-5-7-12(11)10-13/h4-10,14,17H,16H2,1-3H3. The summed E-state index contributed by atoms with van der Waals surface area (Å²) in [5.41, 5.74) is 7.16. The van der Waals surface area contributed by atoms with Gasteiger partial charge < -0.3 is 11.1 Å². The van der Waals surface area contributed by atoms with Crippen molar-refractivity contribution in [1.29, 1.82) is 0 Å². The smallest absolute Gasteiger partial charge is 0.0495 e. The van der Waals surface area contributed by atoms with Gasteiger partial charge >= 0.3 is 0 Å². The van der Waals surface area contributed by atoms with Gasteiger partial charge in [-0.3, -0.25) is 0 Å². The monoisotopic (exact) mass is 228 g/mol. The number of rotatable bonds is 3. The summed E-state index contributed by atoms with van der Waals surface area (Å²) in [4.78, 5) is 0. The minimum Gasteiger partial charge on any atom is -0.324 e. The first-order valence-electron chi connectivity index (χ1n) is 5.97. The van der Waals surface area contributed by atoms with Crippen LogP contribution in [0.4, 0.5) is 0 Å². The van der Waals surface area contributed by atoms with Crippen LogP contribution in [0.25, 0.3) is 10.8 Å². The second-order valence-corrected chi connectivity index (χ2v) is 5.15. The molecule has 2 heteroatoms. The SMILES string of the molecule is CNC(c1ccc2ccccc2c1)C(C)(C)N. The van der Waals surface area contributed by atoms with Crippen LogP contribution in [0.2, 0.25) is 0 Å². The second-order valence-electron chi connectivity index (χ2n) is 5.15. The van der Waals surface area contributed by atoms with Gasteiger partial charge in [0.2, 0.25) is 0 Å². The van der Waals surface area contributed by atoms with Crippen LogP contribution in [0.5, 0.6) is 0 Å². The quantitative estimate of drug-likeness (QED) is 0.847. The number of fused-ring (bicyclic) bond motifs is 1.